The topological polar surface area (TPSA) is 61.9 Å². The number of hydrogen-bond donors (Lipinski definition) is 1. The highest BCUT2D eigenvalue weighted by Gasteiger charge is 2.44. The van der Waals surface area contributed by atoms with Crippen LogP contribution in [0.5, 0.6) is 5.75 Å². The van der Waals surface area contributed by atoms with Crippen LogP contribution in [-0.2, 0) is 11.3 Å². The molecular formula is C34H35N3O3. The smallest absolute Gasteiger partial charge is 0.255 e. The summed E-state index contributed by atoms with van der Waals surface area (Å²) in [5.74, 6) is 0.0114. The molecule has 0 radical (unpaired) electrons. The van der Waals surface area contributed by atoms with Gasteiger partial charge in [-0.3, -0.25) is 9.59 Å². The van der Waals surface area contributed by atoms with E-state index in [1.54, 1.807) is 7.11 Å². The summed E-state index contributed by atoms with van der Waals surface area (Å²) in [5.41, 5.74) is 4.38. The lowest BCUT2D eigenvalue weighted by molar-refractivity contribution is -0.124. The number of nitrogens with one attached hydrogen (secondary N) is 1. The van der Waals surface area contributed by atoms with Gasteiger partial charge in [-0.1, -0.05) is 78.9 Å². The van der Waals surface area contributed by atoms with E-state index in [0.29, 0.717) is 18.7 Å². The Morgan fingerprint density at radius 1 is 0.875 bits per heavy atom. The van der Waals surface area contributed by atoms with Crippen LogP contribution in [0.2, 0.25) is 0 Å². The van der Waals surface area contributed by atoms with E-state index in [-0.39, 0.29) is 11.8 Å². The summed E-state index contributed by atoms with van der Waals surface area (Å²) in [6.07, 6.45) is 0.797. The Morgan fingerprint density at radius 3 is 2.23 bits per heavy atom. The highest BCUT2D eigenvalue weighted by molar-refractivity contribution is 6.01. The Hall–Kier alpha value is -4.58. The molecule has 0 bridgehead atoms. The average molecular weight is 534 g/mol. The summed E-state index contributed by atoms with van der Waals surface area (Å²) in [6, 6.07) is 34.8. The van der Waals surface area contributed by atoms with E-state index >= 15 is 0 Å². The SMILES string of the molecule is COc1ccc([C@H]2[C@@H](C(=O)NCCCN(C)c3ccccc3)c3ccccc3C(=O)N2Cc2ccccc2)cc1. The van der Waals surface area contributed by atoms with Gasteiger partial charge in [0.05, 0.1) is 19.1 Å². The molecule has 6 heteroatoms. The van der Waals surface area contributed by atoms with Gasteiger partial charge in [-0.2, -0.15) is 0 Å². The molecule has 0 aromatic heterocycles. The number of amides is 2. The largest absolute Gasteiger partial charge is 0.497 e. The molecule has 0 aliphatic carbocycles. The Morgan fingerprint density at radius 2 is 1.52 bits per heavy atom. The van der Waals surface area contributed by atoms with Crippen molar-refractivity contribution in [3.05, 3.63) is 131 Å². The second-order valence-electron chi connectivity index (χ2n) is 10.1. The van der Waals surface area contributed by atoms with Crippen LogP contribution in [0.3, 0.4) is 0 Å². The van der Waals surface area contributed by atoms with E-state index in [1.165, 1.54) is 0 Å². The van der Waals surface area contributed by atoms with Gasteiger partial charge in [0.25, 0.3) is 5.91 Å². The second-order valence-corrected chi connectivity index (χ2v) is 10.1. The van der Waals surface area contributed by atoms with Crippen LogP contribution in [0.25, 0.3) is 0 Å². The number of rotatable bonds is 10. The standard InChI is InChI=1S/C34H35N3O3/c1-36(27-14-7-4-8-15-27)23-11-22-35-33(38)31-29-16-9-10-17-30(29)34(39)37(24-25-12-5-3-6-13-25)32(31)26-18-20-28(40-2)21-19-26/h3-10,12-21,31-32H,11,22-24H2,1-2H3,(H,35,38)/t31-,32-/m0/s1. The third-order valence-corrected chi connectivity index (χ3v) is 7.54. The molecule has 0 fully saturated rings. The van der Waals surface area contributed by atoms with E-state index in [1.807, 2.05) is 102 Å². The van der Waals surface area contributed by atoms with Crippen LogP contribution < -0.4 is 15.0 Å². The normalized spacial score (nSPS) is 16.2. The first kappa shape index (κ1) is 27.0. The van der Waals surface area contributed by atoms with Gasteiger partial charge in [-0.25, -0.2) is 0 Å². The zero-order valence-corrected chi connectivity index (χ0v) is 23.0. The minimum Gasteiger partial charge on any atom is -0.497 e. The van der Waals surface area contributed by atoms with E-state index < -0.39 is 12.0 Å². The summed E-state index contributed by atoms with van der Waals surface area (Å²) in [4.78, 5) is 32.0. The molecule has 5 rings (SSSR count). The minimum absolute atomic E-state index is 0.0752. The molecule has 1 heterocycles. The minimum atomic E-state index is -0.558. The molecule has 1 aliphatic rings. The van der Waals surface area contributed by atoms with E-state index in [4.69, 9.17) is 4.74 Å². The van der Waals surface area contributed by atoms with E-state index in [9.17, 15) is 9.59 Å². The lowest BCUT2D eigenvalue weighted by Gasteiger charge is -2.42. The number of para-hydroxylation sites is 1. The fourth-order valence-corrected chi connectivity index (χ4v) is 5.45. The van der Waals surface area contributed by atoms with Crippen molar-refractivity contribution in [1.82, 2.24) is 10.2 Å². The Kier molecular flexibility index (Phi) is 8.45. The fraction of sp³-hybridized carbons (Fsp3) is 0.235. The number of hydrogen-bond acceptors (Lipinski definition) is 4. The Bertz CT molecular complexity index is 1420. The molecule has 0 spiro atoms. The quantitative estimate of drug-likeness (QED) is 0.261. The maximum absolute atomic E-state index is 14.0. The predicted molar refractivity (Wildman–Crippen MR) is 159 cm³/mol. The number of fused-ring (bicyclic) bond motifs is 1. The molecule has 0 saturated carbocycles. The molecule has 4 aromatic rings. The Balaban J connectivity index is 1.43. The number of carbonyl (C=O) groups is 2. The first-order valence-electron chi connectivity index (χ1n) is 13.7. The van der Waals surface area contributed by atoms with Gasteiger partial charge >= 0.3 is 0 Å². The van der Waals surface area contributed by atoms with Crippen molar-refractivity contribution >= 4 is 17.5 Å². The van der Waals surface area contributed by atoms with E-state index in [2.05, 4.69) is 29.4 Å². The van der Waals surface area contributed by atoms with Crippen molar-refractivity contribution in [2.45, 2.75) is 24.9 Å². The zero-order valence-electron chi connectivity index (χ0n) is 23.0. The maximum atomic E-state index is 14.0. The molecule has 1 N–H and O–H groups in total. The second kappa shape index (κ2) is 12.5. The van der Waals surface area contributed by atoms with Gasteiger partial charge in [0.2, 0.25) is 5.91 Å². The van der Waals surface area contributed by atoms with Crippen LogP contribution >= 0.6 is 0 Å². The number of methoxy groups -OCH3 is 1. The molecule has 2 amide bonds. The Labute approximate surface area is 236 Å². The lowest BCUT2D eigenvalue weighted by atomic mass is 9.79. The molecule has 0 unspecified atom stereocenters. The summed E-state index contributed by atoms with van der Waals surface area (Å²) < 4.78 is 5.38. The van der Waals surface area contributed by atoms with Crippen LogP contribution in [-0.4, -0.2) is 44.0 Å². The summed E-state index contributed by atoms with van der Waals surface area (Å²) in [5, 5.41) is 3.19. The lowest BCUT2D eigenvalue weighted by Crippen LogP contribution is -2.47. The van der Waals surface area contributed by atoms with Crippen LogP contribution in [0, 0.1) is 0 Å². The predicted octanol–water partition coefficient (Wildman–Crippen LogP) is 5.82. The number of ether oxygens (including phenoxy) is 1. The molecule has 0 saturated heterocycles. The third-order valence-electron chi connectivity index (χ3n) is 7.54. The maximum Gasteiger partial charge on any atom is 0.255 e. The number of carbonyl (C=O) groups excluding carboxylic acids is 2. The molecular weight excluding hydrogens is 498 g/mol. The van der Waals surface area contributed by atoms with Crippen LogP contribution in [0.15, 0.2) is 109 Å². The number of benzene rings is 4. The van der Waals surface area contributed by atoms with Gasteiger partial charge in [0.15, 0.2) is 0 Å². The third kappa shape index (κ3) is 5.86. The van der Waals surface area contributed by atoms with Crippen molar-refractivity contribution in [1.29, 1.82) is 0 Å². The van der Waals surface area contributed by atoms with Gasteiger partial charge in [0.1, 0.15) is 5.75 Å². The molecule has 40 heavy (non-hydrogen) atoms. The van der Waals surface area contributed by atoms with Crippen LogP contribution in [0.4, 0.5) is 5.69 Å². The molecule has 1 aliphatic heterocycles. The molecule has 2 atom stereocenters. The van der Waals surface area contributed by atoms with Crippen LogP contribution in [0.1, 0.15) is 45.4 Å². The highest BCUT2D eigenvalue weighted by atomic mass is 16.5. The molecule has 204 valence electrons. The summed E-state index contributed by atoms with van der Waals surface area (Å²) in [6.45, 7) is 1.75. The zero-order chi connectivity index (χ0) is 27.9. The average Bonchev–Trinajstić information content (AvgIpc) is 3.01. The number of nitrogens with zero attached hydrogens (tertiary/aromatic N) is 2. The monoisotopic (exact) mass is 533 g/mol. The first-order valence-corrected chi connectivity index (χ1v) is 13.7. The van der Waals surface area contributed by atoms with Crippen molar-refractivity contribution < 1.29 is 14.3 Å². The van der Waals surface area contributed by atoms with Crippen molar-refractivity contribution in [2.75, 3.05) is 32.1 Å². The van der Waals surface area contributed by atoms with Gasteiger partial charge in [0, 0.05) is 37.9 Å². The van der Waals surface area contributed by atoms with Gasteiger partial charge < -0.3 is 19.9 Å². The molecule has 6 nitrogen and oxygen atoms in total. The van der Waals surface area contributed by atoms with Gasteiger partial charge in [-0.15, -0.1) is 0 Å². The highest BCUT2D eigenvalue weighted by Crippen LogP contribution is 2.44. The molecule has 4 aromatic carbocycles. The summed E-state index contributed by atoms with van der Waals surface area (Å²) >= 11 is 0. The van der Waals surface area contributed by atoms with Crippen molar-refractivity contribution in [2.24, 2.45) is 0 Å². The van der Waals surface area contributed by atoms with Crippen molar-refractivity contribution in [3.63, 3.8) is 0 Å². The van der Waals surface area contributed by atoms with Crippen molar-refractivity contribution in [3.8, 4) is 5.75 Å². The number of anilines is 1. The summed E-state index contributed by atoms with van der Waals surface area (Å²) in [7, 11) is 3.68. The fourth-order valence-electron chi connectivity index (χ4n) is 5.45. The van der Waals surface area contributed by atoms with E-state index in [0.717, 1.165) is 41.1 Å². The first-order chi connectivity index (χ1) is 19.6. The van der Waals surface area contributed by atoms with Gasteiger partial charge in [-0.05, 0) is 53.4 Å².